The highest BCUT2D eigenvalue weighted by molar-refractivity contribution is 6.03. The first-order valence-electron chi connectivity index (χ1n) is 10.7. The summed E-state index contributed by atoms with van der Waals surface area (Å²) in [5.74, 6) is 0. The van der Waals surface area contributed by atoms with Crippen LogP contribution in [0, 0.1) is 0 Å². The lowest BCUT2D eigenvalue weighted by molar-refractivity contribution is 0.0107. The van der Waals surface area contributed by atoms with Crippen molar-refractivity contribution in [1.82, 2.24) is 9.80 Å². The SMILES string of the molecule is CN1CCN(CC(O)CO/N=C2\CCCCCC\C2=C\c2ccccc2)CC1. The van der Waals surface area contributed by atoms with E-state index in [2.05, 4.69) is 52.3 Å². The molecule has 0 radical (unpaired) electrons. The van der Waals surface area contributed by atoms with Gasteiger partial charge in [0.2, 0.25) is 0 Å². The second-order valence-electron chi connectivity index (χ2n) is 8.09. The number of nitrogens with zero attached hydrogens (tertiary/aromatic N) is 3. The molecule has 0 bridgehead atoms. The van der Waals surface area contributed by atoms with Gasteiger partial charge in [-0.2, -0.15) is 0 Å². The number of aliphatic hydroxyl groups is 1. The third-order valence-electron chi connectivity index (χ3n) is 5.63. The van der Waals surface area contributed by atoms with E-state index in [4.69, 9.17) is 4.84 Å². The maximum atomic E-state index is 10.3. The maximum absolute atomic E-state index is 10.3. The molecular formula is C23H35N3O2. The maximum Gasteiger partial charge on any atom is 0.144 e. The molecule has 1 aromatic carbocycles. The molecule has 28 heavy (non-hydrogen) atoms. The Hall–Kier alpha value is -1.69. The zero-order chi connectivity index (χ0) is 19.6. The largest absolute Gasteiger partial charge is 0.393 e. The molecule has 1 N–H and O–H groups in total. The number of β-amino-alcohol motifs (C(OH)–C–C–N with tert-alkyl or cyclic N) is 1. The lowest BCUT2D eigenvalue weighted by Crippen LogP contribution is -2.47. The van der Waals surface area contributed by atoms with E-state index in [1.165, 1.54) is 30.4 Å². The number of aliphatic hydroxyl groups excluding tert-OH is 1. The summed E-state index contributed by atoms with van der Waals surface area (Å²) in [6.07, 6.45) is 8.63. The second-order valence-corrected chi connectivity index (χ2v) is 8.09. The summed E-state index contributed by atoms with van der Waals surface area (Å²) in [7, 11) is 2.14. The Morgan fingerprint density at radius 3 is 2.50 bits per heavy atom. The van der Waals surface area contributed by atoms with Crippen molar-refractivity contribution in [2.24, 2.45) is 5.16 Å². The highest BCUT2D eigenvalue weighted by atomic mass is 16.6. The number of likely N-dealkylation sites (N-methyl/N-ethyl adjacent to an activating group) is 1. The molecule has 1 saturated carbocycles. The Bertz CT molecular complexity index is 637. The van der Waals surface area contributed by atoms with Crippen LogP contribution < -0.4 is 0 Å². The number of oxime groups is 1. The molecule has 1 heterocycles. The van der Waals surface area contributed by atoms with Gasteiger partial charge in [0.25, 0.3) is 0 Å². The van der Waals surface area contributed by atoms with Gasteiger partial charge >= 0.3 is 0 Å². The van der Waals surface area contributed by atoms with Gasteiger partial charge in [-0.1, -0.05) is 48.3 Å². The fourth-order valence-corrected chi connectivity index (χ4v) is 3.86. The summed E-state index contributed by atoms with van der Waals surface area (Å²) in [5, 5.41) is 14.8. The van der Waals surface area contributed by atoms with Crippen molar-refractivity contribution in [1.29, 1.82) is 0 Å². The molecule has 2 aliphatic rings. The molecule has 1 atom stereocenters. The van der Waals surface area contributed by atoms with Gasteiger partial charge in [-0.3, -0.25) is 4.90 Å². The van der Waals surface area contributed by atoms with Gasteiger partial charge in [-0.15, -0.1) is 0 Å². The fourth-order valence-electron chi connectivity index (χ4n) is 3.86. The van der Waals surface area contributed by atoms with Gasteiger partial charge in [0.1, 0.15) is 12.7 Å². The predicted molar refractivity (Wildman–Crippen MR) is 115 cm³/mol. The van der Waals surface area contributed by atoms with Gasteiger partial charge < -0.3 is 14.8 Å². The van der Waals surface area contributed by atoms with Crippen molar-refractivity contribution in [3.05, 3.63) is 41.5 Å². The number of benzene rings is 1. The minimum absolute atomic E-state index is 0.258. The summed E-state index contributed by atoms with van der Waals surface area (Å²) < 4.78 is 0. The molecule has 2 fully saturated rings. The van der Waals surface area contributed by atoms with Crippen LogP contribution in [0.1, 0.15) is 44.1 Å². The van der Waals surface area contributed by atoms with Crippen molar-refractivity contribution >= 4 is 11.8 Å². The van der Waals surface area contributed by atoms with E-state index in [0.717, 1.165) is 51.2 Å². The van der Waals surface area contributed by atoms with Gasteiger partial charge in [-0.05, 0) is 49.9 Å². The smallest absolute Gasteiger partial charge is 0.144 e. The van der Waals surface area contributed by atoms with Crippen LogP contribution in [0.4, 0.5) is 0 Å². The molecule has 5 nitrogen and oxygen atoms in total. The van der Waals surface area contributed by atoms with Crippen LogP contribution in [0.3, 0.4) is 0 Å². The van der Waals surface area contributed by atoms with Gasteiger partial charge in [0.05, 0.1) is 5.71 Å². The molecule has 0 aromatic heterocycles. The normalized spacial score (nSPS) is 24.1. The lowest BCUT2D eigenvalue weighted by Gasteiger charge is -2.33. The van der Waals surface area contributed by atoms with Gasteiger partial charge in [-0.25, -0.2) is 0 Å². The molecule has 1 aliphatic heterocycles. The predicted octanol–water partition coefficient (Wildman–Crippen LogP) is 3.41. The van der Waals surface area contributed by atoms with Crippen LogP contribution >= 0.6 is 0 Å². The highest BCUT2D eigenvalue weighted by Gasteiger charge is 2.18. The molecular weight excluding hydrogens is 350 g/mol. The standard InChI is InChI=1S/C23H35N3O2/c1-25-13-15-26(16-14-25)18-22(27)19-28-24-23-12-8-3-2-7-11-21(23)17-20-9-5-4-6-10-20/h4-6,9-10,17,22,27H,2-3,7-8,11-16,18-19H2,1H3/b21-17-,24-23+. The van der Waals surface area contributed by atoms with Crippen molar-refractivity contribution in [3.8, 4) is 0 Å². The third-order valence-corrected chi connectivity index (χ3v) is 5.63. The lowest BCUT2D eigenvalue weighted by atomic mass is 9.93. The van der Waals surface area contributed by atoms with E-state index in [0.29, 0.717) is 6.54 Å². The highest BCUT2D eigenvalue weighted by Crippen LogP contribution is 2.22. The van der Waals surface area contributed by atoms with E-state index >= 15 is 0 Å². The van der Waals surface area contributed by atoms with Crippen LogP contribution in [0.5, 0.6) is 0 Å². The zero-order valence-corrected chi connectivity index (χ0v) is 17.2. The Kier molecular flexibility index (Phi) is 8.52. The average Bonchev–Trinajstić information content (AvgIpc) is 2.69. The number of allylic oxidation sites excluding steroid dienone is 1. The Morgan fingerprint density at radius 1 is 1.04 bits per heavy atom. The third kappa shape index (κ3) is 7.04. The van der Waals surface area contributed by atoms with Crippen LogP contribution in [0.2, 0.25) is 0 Å². The first-order chi connectivity index (χ1) is 13.7. The fraction of sp³-hybridized carbons (Fsp3) is 0.609. The summed E-state index contributed by atoms with van der Waals surface area (Å²) in [6.45, 7) is 5.05. The molecule has 5 heteroatoms. The van der Waals surface area contributed by atoms with Crippen molar-refractivity contribution in [3.63, 3.8) is 0 Å². The molecule has 3 rings (SSSR count). The van der Waals surface area contributed by atoms with Crippen LogP contribution in [-0.2, 0) is 4.84 Å². The van der Waals surface area contributed by atoms with E-state index in [-0.39, 0.29) is 6.61 Å². The molecule has 1 unspecified atom stereocenters. The topological polar surface area (TPSA) is 48.3 Å². The summed E-state index contributed by atoms with van der Waals surface area (Å²) in [5.41, 5.74) is 3.54. The monoisotopic (exact) mass is 385 g/mol. The number of rotatable bonds is 6. The van der Waals surface area contributed by atoms with E-state index < -0.39 is 6.10 Å². The Balaban J connectivity index is 1.56. The molecule has 1 aromatic rings. The Labute approximate surface area is 169 Å². The number of hydrogen-bond donors (Lipinski definition) is 1. The number of hydrogen-bond acceptors (Lipinski definition) is 5. The first kappa shape index (κ1) is 21.0. The molecule has 154 valence electrons. The minimum atomic E-state index is -0.497. The van der Waals surface area contributed by atoms with Crippen molar-refractivity contribution < 1.29 is 9.94 Å². The van der Waals surface area contributed by atoms with Crippen LogP contribution in [-0.4, -0.2) is 73.1 Å². The molecule has 1 aliphatic carbocycles. The van der Waals surface area contributed by atoms with E-state index in [9.17, 15) is 5.11 Å². The van der Waals surface area contributed by atoms with E-state index in [1.807, 2.05) is 6.07 Å². The average molecular weight is 386 g/mol. The van der Waals surface area contributed by atoms with Gasteiger partial charge in [0, 0.05) is 32.7 Å². The summed E-state index contributed by atoms with van der Waals surface area (Å²) in [4.78, 5) is 10.2. The van der Waals surface area contributed by atoms with Gasteiger partial charge in [0.15, 0.2) is 0 Å². The molecule has 1 saturated heterocycles. The minimum Gasteiger partial charge on any atom is -0.393 e. The number of piperazine rings is 1. The van der Waals surface area contributed by atoms with Crippen molar-refractivity contribution in [2.45, 2.75) is 44.6 Å². The van der Waals surface area contributed by atoms with E-state index in [1.54, 1.807) is 0 Å². The molecule has 0 amide bonds. The van der Waals surface area contributed by atoms with Crippen LogP contribution in [0.15, 0.2) is 41.1 Å². The van der Waals surface area contributed by atoms with Crippen molar-refractivity contribution in [2.75, 3.05) is 46.4 Å². The Morgan fingerprint density at radius 2 is 1.75 bits per heavy atom. The second kappa shape index (κ2) is 11.3. The first-order valence-corrected chi connectivity index (χ1v) is 10.7. The summed E-state index contributed by atoms with van der Waals surface area (Å²) in [6, 6.07) is 10.4. The van der Waals surface area contributed by atoms with Crippen LogP contribution in [0.25, 0.3) is 6.08 Å². The quantitative estimate of drug-likeness (QED) is 0.763. The molecule has 0 spiro atoms. The summed E-state index contributed by atoms with van der Waals surface area (Å²) >= 11 is 0. The zero-order valence-electron chi connectivity index (χ0n) is 17.2.